The fourth-order valence-electron chi connectivity index (χ4n) is 1.76. The first kappa shape index (κ1) is 19.3. The zero-order chi connectivity index (χ0) is 17.6. The number of hydrazine groups is 1. The standard InChI is InChI=1S/C15H19ClFN3O2S/c1-5-12(6-2)11(3)18-15(17)20(4)19-23(21,22)14-10-8-7-9-13(14)16/h5,7-10,19H,3,6H2,1-2,4H3/b12-5-,18-15?. The summed E-state index contributed by atoms with van der Waals surface area (Å²) in [6, 6.07) is 5.87. The van der Waals surface area contributed by atoms with Gasteiger partial charge in [0, 0.05) is 7.05 Å². The van der Waals surface area contributed by atoms with Gasteiger partial charge >= 0.3 is 6.09 Å². The van der Waals surface area contributed by atoms with Crippen LogP contribution in [0.15, 0.2) is 58.1 Å². The monoisotopic (exact) mass is 359 g/mol. The van der Waals surface area contributed by atoms with Crippen molar-refractivity contribution in [2.75, 3.05) is 7.05 Å². The molecule has 0 amide bonds. The Kier molecular flexibility index (Phi) is 6.93. The number of hydrogen-bond acceptors (Lipinski definition) is 3. The zero-order valence-electron chi connectivity index (χ0n) is 13.2. The highest BCUT2D eigenvalue weighted by Crippen LogP contribution is 2.20. The fourth-order valence-corrected chi connectivity index (χ4v) is 3.32. The Balaban J connectivity index is 2.96. The molecular weight excluding hydrogens is 341 g/mol. The second-order valence-corrected chi connectivity index (χ2v) is 6.62. The molecule has 1 aromatic rings. The molecule has 0 atom stereocenters. The third-order valence-electron chi connectivity index (χ3n) is 2.99. The second kappa shape index (κ2) is 8.24. The van der Waals surface area contributed by atoms with Crippen LogP contribution in [0.4, 0.5) is 4.39 Å². The van der Waals surface area contributed by atoms with Crippen molar-refractivity contribution in [3.8, 4) is 0 Å². The molecule has 0 aromatic heterocycles. The minimum atomic E-state index is -4.02. The number of amidine groups is 1. The van der Waals surface area contributed by atoms with Gasteiger partial charge in [0.25, 0.3) is 10.0 Å². The van der Waals surface area contributed by atoms with Gasteiger partial charge in [-0.3, -0.25) is 5.01 Å². The maximum absolute atomic E-state index is 14.1. The highest BCUT2D eigenvalue weighted by Gasteiger charge is 2.21. The topological polar surface area (TPSA) is 61.8 Å². The Morgan fingerprint density at radius 1 is 1.48 bits per heavy atom. The van der Waals surface area contributed by atoms with Gasteiger partial charge in [-0.1, -0.05) is 43.3 Å². The summed E-state index contributed by atoms with van der Waals surface area (Å²) < 4.78 is 38.5. The van der Waals surface area contributed by atoms with Crippen molar-refractivity contribution in [3.63, 3.8) is 0 Å². The quantitative estimate of drug-likeness (QED) is 0.277. The van der Waals surface area contributed by atoms with Crippen LogP contribution < -0.4 is 4.83 Å². The van der Waals surface area contributed by atoms with Gasteiger partial charge in [0.15, 0.2) is 0 Å². The summed E-state index contributed by atoms with van der Waals surface area (Å²) in [5.41, 5.74) is 0.999. The third-order valence-corrected chi connectivity index (χ3v) is 4.88. The first-order valence-electron chi connectivity index (χ1n) is 6.82. The molecule has 1 N–H and O–H groups in total. The minimum absolute atomic E-state index is 0.0392. The van der Waals surface area contributed by atoms with Crippen LogP contribution in [-0.4, -0.2) is 26.6 Å². The molecule has 0 aliphatic rings. The molecule has 0 aliphatic heterocycles. The Hall–Kier alpha value is -1.70. The van der Waals surface area contributed by atoms with E-state index in [0.717, 1.165) is 5.57 Å². The Morgan fingerprint density at radius 2 is 2.09 bits per heavy atom. The highest BCUT2D eigenvalue weighted by atomic mass is 35.5. The maximum Gasteiger partial charge on any atom is 0.300 e. The van der Waals surface area contributed by atoms with Gasteiger partial charge in [-0.05, 0) is 31.1 Å². The summed E-state index contributed by atoms with van der Waals surface area (Å²) in [5, 5.41) is 0.699. The van der Waals surface area contributed by atoms with Crippen molar-refractivity contribution in [1.29, 1.82) is 0 Å². The van der Waals surface area contributed by atoms with E-state index in [-0.39, 0.29) is 15.6 Å². The van der Waals surface area contributed by atoms with Crippen LogP contribution in [0.3, 0.4) is 0 Å². The van der Waals surface area contributed by atoms with Gasteiger partial charge in [-0.2, -0.15) is 4.39 Å². The van der Waals surface area contributed by atoms with E-state index in [1.54, 1.807) is 19.1 Å². The molecule has 0 bridgehead atoms. The summed E-state index contributed by atoms with van der Waals surface area (Å²) in [6.45, 7) is 7.35. The maximum atomic E-state index is 14.1. The van der Waals surface area contributed by atoms with E-state index in [4.69, 9.17) is 11.6 Å². The van der Waals surface area contributed by atoms with Gasteiger partial charge < -0.3 is 0 Å². The number of nitrogens with one attached hydrogen (secondary N) is 1. The number of allylic oxidation sites excluding steroid dienone is 2. The van der Waals surface area contributed by atoms with Crippen LogP contribution in [0.2, 0.25) is 5.02 Å². The van der Waals surface area contributed by atoms with Gasteiger partial charge in [0.2, 0.25) is 0 Å². The van der Waals surface area contributed by atoms with Crippen molar-refractivity contribution in [3.05, 3.63) is 53.2 Å². The van der Waals surface area contributed by atoms with E-state index in [1.807, 2.05) is 11.8 Å². The van der Waals surface area contributed by atoms with Crippen molar-refractivity contribution < 1.29 is 12.8 Å². The molecule has 126 valence electrons. The zero-order valence-corrected chi connectivity index (χ0v) is 14.7. The average Bonchev–Trinajstić information content (AvgIpc) is 2.48. The lowest BCUT2D eigenvalue weighted by Crippen LogP contribution is -2.41. The molecule has 0 heterocycles. The highest BCUT2D eigenvalue weighted by molar-refractivity contribution is 7.89. The smallest absolute Gasteiger partial charge is 0.257 e. The molecule has 23 heavy (non-hydrogen) atoms. The number of benzene rings is 1. The molecule has 0 saturated heterocycles. The summed E-state index contributed by atoms with van der Waals surface area (Å²) in [5.74, 6) is 0. The molecule has 0 spiro atoms. The van der Waals surface area contributed by atoms with E-state index in [2.05, 4.69) is 11.6 Å². The summed E-state index contributed by atoms with van der Waals surface area (Å²) in [7, 11) is -2.83. The normalized spacial score (nSPS) is 13.1. The lowest BCUT2D eigenvalue weighted by Gasteiger charge is -2.18. The van der Waals surface area contributed by atoms with Crippen LogP contribution in [0, 0.1) is 0 Å². The fraction of sp³-hybridized carbons (Fsp3) is 0.267. The van der Waals surface area contributed by atoms with Gasteiger partial charge in [-0.15, -0.1) is 4.83 Å². The van der Waals surface area contributed by atoms with Crippen LogP contribution in [-0.2, 0) is 10.0 Å². The minimum Gasteiger partial charge on any atom is -0.257 e. The number of halogens is 2. The number of sulfonamides is 1. The van der Waals surface area contributed by atoms with Crippen LogP contribution in [0.5, 0.6) is 0 Å². The van der Waals surface area contributed by atoms with E-state index < -0.39 is 16.1 Å². The van der Waals surface area contributed by atoms with Crippen molar-refractivity contribution in [2.45, 2.75) is 25.2 Å². The summed E-state index contributed by atoms with van der Waals surface area (Å²) in [6.07, 6.45) is 1.38. The van der Waals surface area contributed by atoms with Crippen molar-refractivity contribution in [1.82, 2.24) is 9.84 Å². The van der Waals surface area contributed by atoms with E-state index in [9.17, 15) is 12.8 Å². The van der Waals surface area contributed by atoms with Crippen molar-refractivity contribution >= 4 is 27.7 Å². The molecule has 1 aromatic carbocycles. The molecule has 0 aliphatic carbocycles. The van der Waals surface area contributed by atoms with E-state index >= 15 is 0 Å². The van der Waals surface area contributed by atoms with E-state index in [0.29, 0.717) is 11.4 Å². The molecule has 0 saturated carbocycles. The summed E-state index contributed by atoms with van der Waals surface area (Å²) in [4.78, 5) is 5.57. The SMILES string of the molecule is C=C(N=C(F)N(C)NS(=O)(=O)c1ccccc1Cl)/C(=C\C)CC. The van der Waals surface area contributed by atoms with Crippen LogP contribution in [0.1, 0.15) is 20.3 Å². The molecule has 5 nitrogen and oxygen atoms in total. The second-order valence-electron chi connectivity index (χ2n) is 4.58. The molecule has 1 rings (SSSR count). The van der Waals surface area contributed by atoms with E-state index in [1.165, 1.54) is 25.2 Å². The number of hydrogen-bond donors (Lipinski definition) is 1. The van der Waals surface area contributed by atoms with Gasteiger partial charge in [0.05, 0.1) is 10.7 Å². The third kappa shape index (κ3) is 5.16. The molecule has 0 fully saturated rings. The summed E-state index contributed by atoms with van der Waals surface area (Å²) >= 11 is 5.85. The molecule has 0 radical (unpaired) electrons. The largest absolute Gasteiger partial charge is 0.300 e. The number of nitrogens with zero attached hydrogens (tertiary/aromatic N) is 2. The van der Waals surface area contributed by atoms with Crippen molar-refractivity contribution in [2.24, 2.45) is 4.99 Å². The Bertz CT molecular complexity index is 745. The molecule has 8 heteroatoms. The number of aliphatic imine (C=N–C) groups is 1. The Labute approximate surface area is 141 Å². The van der Waals surface area contributed by atoms with Gasteiger partial charge in [0.1, 0.15) is 4.90 Å². The lowest BCUT2D eigenvalue weighted by molar-refractivity contribution is 0.403. The van der Waals surface area contributed by atoms with Crippen LogP contribution >= 0.6 is 11.6 Å². The predicted octanol–water partition coefficient (Wildman–Crippen LogP) is 3.66. The first-order valence-corrected chi connectivity index (χ1v) is 8.68. The van der Waals surface area contributed by atoms with Crippen LogP contribution in [0.25, 0.3) is 0 Å². The lowest BCUT2D eigenvalue weighted by atomic mass is 10.1. The average molecular weight is 360 g/mol. The molecular formula is C15H19ClFN3O2S. The first-order chi connectivity index (χ1) is 10.7. The molecule has 0 unspecified atom stereocenters. The number of rotatable bonds is 6. The van der Waals surface area contributed by atoms with Gasteiger partial charge in [-0.25, -0.2) is 13.4 Å². The predicted molar refractivity (Wildman–Crippen MR) is 91.3 cm³/mol. The Morgan fingerprint density at radius 3 is 2.61 bits per heavy atom.